The highest BCUT2D eigenvalue weighted by Crippen LogP contribution is 2.35. The molecule has 6 heteroatoms. The lowest BCUT2D eigenvalue weighted by atomic mass is 9.79. The van der Waals surface area contributed by atoms with Crippen molar-refractivity contribution in [3.05, 3.63) is 0 Å². The Balaban J connectivity index is 2.43. The number of unbranched alkanes of at least 4 members (excludes halogenated alkanes) is 1. The molecular formula is C16H28O6. The van der Waals surface area contributed by atoms with Crippen LogP contribution in [-0.2, 0) is 23.8 Å². The van der Waals surface area contributed by atoms with Gasteiger partial charge in [0.05, 0.1) is 6.10 Å². The second-order valence-corrected chi connectivity index (χ2v) is 6.14. The summed E-state index contributed by atoms with van der Waals surface area (Å²) >= 11 is 0. The summed E-state index contributed by atoms with van der Waals surface area (Å²) in [6.45, 7) is 8.44. The van der Waals surface area contributed by atoms with E-state index in [1.54, 1.807) is 0 Å². The van der Waals surface area contributed by atoms with Gasteiger partial charge in [0.15, 0.2) is 6.29 Å². The third-order valence-electron chi connectivity index (χ3n) is 4.50. The van der Waals surface area contributed by atoms with E-state index >= 15 is 0 Å². The molecule has 128 valence electrons. The molecule has 0 aromatic rings. The predicted molar refractivity (Wildman–Crippen MR) is 80.2 cm³/mol. The summed E-state index contributed by atoms with van der Waals surface area (Å²) in [4.78, 5) is 21.4. The smallest absolute Gasteiger partial charge is 0.303 e. The average Bonchev–Trinajstić information content (AvgIpc) is 2.45. The molecule has 1 aliphatic heterocycles. The van der Waals surface area contributed by atoms with Crippen LogP contribution in [0.4, 0.5) is 0 Å². The van der Waals surface area contributed by atoms with Gasteiger partial charge in [0, 0.05) is 25.9 Å². The minimum atomic E-state index is -0.786. The highest BCUT2D eigenvalue weighted by Gasteiger charge is 2.39. The number of carbonyl (C=O) groups excluding carboxylic acids is 1. The fraction of sp³-hybridized carbons (Fsp3) is 0.875. The molecule has 0 saturated carbocycles. The summed E-state index contributed by atoms with van der Waals surface area (Å²) in [7, 11) is 0. The van der Waals surface area contributed by atoms with Crippen LogP contribution in [0.1, 0.15) is 47.0 Å². The van der Waals surface area contributed by atoms with E-state index in [9.17, 15) is 9.59 Å². The quantitative estimate of drug-likeness (QED) is 0.547. The number of carbonyl (C=O) groups is 2. The molecule has 1 aliphatic rings. The van der Waals surface area contributed by atoms with Crippen LogP contribution < -0.4 is 0 Å². The Morgan fingerprint density at radius 2 is 1.77 bits per heavy atom. The third-order valence-corrected chi connectivity index (χ3v) is 4.50. The highest BCUT2D eigenvalue weighted by molar-refractivity contribution is 5.66. The molecule has 0 aromatic heterocycles. The van der Waals surface area contributed by atoms with Crippen LogP contribution >= 0.6 is 0 Å². The monoisotopic (exact) mass is 316 g/mol. The minimum Gasteiger partial charge on any atom is -0.481 e. The third kappa shape index (κ3) is 5.93. The summed E-state index contributed by atoms with van der Waals surface area (Å²) in [6.07, 6.45) is 0.944. The van der Waals surface area contributed by atoms with Crippen LogP contribution in [0.5, 0.6) is 0 Å². The van der Waals surface area contributed by atoms with Crippen molar-refractivity contribution < 1.29 is 28.9 Å². The van der Waals surface area contributed by atoms with E-state index in [0.29, 0.717) is 25.4 Å². The molecule has 1 N–H and O–H groups in total. The summed E-state index contributed by atoms with van der Waals surface area (Å²) in [6, 6.07) is 0. The maximum absolute atomic E-state index is 11.0. The van der Waals surface area contributed by atoms with Crippen LogP contribution in [0.25, 0.3) is 0 Å². The maximum Gasteiger partial charge on any atom is 0.303 e. The lowest BCUT2D eigenvalue weighted by Gasteiger charge is -2.43. The fourth-order valence-electron chi connectivity index (χ4n) is 2.64. The van der Waals surface area contributed by atoms with E-state index in [1.165, 1.54) is 6.92 Å². The lowest BCUT2D eigenvalue weighted by Crippen LogP contribution is -2.47. The van der Waals surface area contributed by atoms with Crippen molar-refractivity contribution in [1.29, 1.82) is 0 Å². The topological polar surface area (TPSA) is 82.1 Å². The van der Waals surface area contributed by atoms with Gasteiger partial charge in [-0.2, -0.15) is 0 Å². The van der Waals surface area contributed by atoms with Crippen LogP contribution in [0.2, 0.25) is 0 Å². The molecule has 1 fully saturated rings. The summed E-state index contributed by atoms with van der Waals surface area (Å²) < 4.78 is 16.8. The Hall–Kier alpha value is -1.14. The van der Waals surface area contributed by atoms with Crippen molar-refractivity contribution in [3.8, 4) is 0 Å². The van der Waals surface area contributed by atoms with Crippen LogP contribution in [0.15, 0.2) is 0 Å². The molecular weight excluding hydrogens is 288 g/mol. The van der Waals surface area contributed by atoms with Gasteiger partial charge in [0.2, 0.25) is 0 Å². The maximum atomic E-state index is 11.0. The second kappa shape index (κ2) is 9.10. The van der Waals surface area contributed by atoms with Crippen molar-refractivity contribution in [2.75, 3.05) is 13.2 Å². The number of carboxylic acids is 1. The Morgan fingerprint density at radius 1 is 1.09 bits per heavy atom. The molecule has 0 radical (unpaired) electrons. The first-order valence-corrected chi connectivity index (χ1v) is 7.95. The molecule has 1 rings (SSSR count). The standard InChI is InChI=1S/C16H28O6/c1-10-11(2)14(9-21-13(4)17)22-16(12(10)3)20-8-6-5-7-15(18)19/h10-12,14,16H,5-9H2,1-4H3,(H,18,19)/t10?,11-,12+,14?,16-/m1/s1. The van der Waals surface area contributed by atoms with Gasteiger partial charge < -0.3 is 19.3 Å². The zero-order valence-electron chi connectivity index (χ0n) is 13.9. The Morgan fingerprint density at radius 3 is 2.36 bits per heavy atom. The molecule has 1 heterocycles. The number of hydrogen-bond acceptors (Lipinski definition) is 5. The average molecular weight is 316 g/mol. The number of esters is 1. The molecule has 0 bridgehead atoms. The number of carboxylic acid groups (broad SMARTS) is 1. The van der Waals surface area contributed by atoms with E-state index in [-0.39, 0.29) is 43.2 Å². The van der Waals surface area contributed by atoms with Crippen molar-refractivity contribution in [1.82, 2.24) is 0 Å². The number of hydrogen-bond donors (Lipinski definition) is 1. The first-order valence-electron chi connectivity index (χ1n) is 7.95. The van der Waals surface area contributed by atoms with Crippen LogP contribution in [0.3, 0.4) is 0 Å². The summed E-state index contributed by atoms with van der Waals surface area (Å²) in [5.41, 5.74) is 0. The number of ether oxygens (including phenoxy) is 3. The van der Waals surface area contributed by atoms with Gasteiger partial charge >= 0.3 is 11.9 Å². The molecule has 22 heavy (non-hydrogen) atoms. The number of aliphatic carboxylic acids is 1. The zero-order chi connectivity index (χ0) is 16.7. The molecule has 0 aliphatic carbocycles. The second-order valence-electron chi connectivity index (χ2n) is 6.14. The van der Waals surface area contributed by atoms with E-state index in [0.717, 1.165) is 0 Å². The van der Waals surface area contributed by atoms with E-state index in [2.05, 4.69) is 20.8 Å². The molecule has 0 aromatic carbocycles. The van der Waals surface area contributed by atoms with Gasteiger partial charge in [-0.1, -0.05) is 20.8 Å². The van der Waals surface area contributed by atoms with Gasteiger partial charge in [-0.15, -0.1) is 0 Å². The van der Waals surface area contributed by atoms with E-state index in [4.69, 9.17) is 19.3 Å². The normalized spacial score (nSPS) is 31.7. The zero-order valence-corrected chi connectivity index (χ0v) is 13.9. The van der Waals surface area contributed by atoms with Crippen molar-refractivity contribution in [2.45, 2.75) is 59.4 Å². The first kappa shape index (κ1) is 18.9. The number of rotatable bonds is 8. The van der Waals surface area contributed by atoms with Crippen LogP contribution in [-0.4, -0.2) is 42.7 Å². The SMILES string of the molecule is CC(=O)OCC1O[C@@H](OCCCCC(=O)O)[C@@H](C)C(C)[C@H]1C. The summed E-state index contributed by atoms with van der Waals surface area (Å²) in [5.74, 6) is -0.193. The van der Waals surface area contributed by atoms with Crippen molar-refractivity contribution in [2.24, 2.45) is 17.8 Å². The Labute approximate surface area is 132 Å². The van der Waals surface area contributed by atoms with E-state index < -0.39 is 5.97 Å². The molecule has 0 amide bonds. The van der Waals surface area contributed by atoms with Gasteiger partial charge in [-0.25, -0.2) is 0 Å². The van der Waals surface area contributed by atoms with E-state index in [1.807, 2.05) is 0 Å². The Kier molecular flexibility index (Phi) is 7.82. The largest absolute Gasteiger partial charge is 0.481 e. The summed E-state index contributed by atoms with van der Waals surface area (Å²) in [5, 5.41) is 8.60. The first-order chi connectivity index (χ1) is 10.3. The molecule has 6 nitrogen and oxygen atoms in total. The van der Waals surface area contributed by atoms with Gasteiger partial charge in [0.1, 0.15) is 6.61 Å². The highest BCUT2D eigenvalue weighted by atomic mass is 16.7. The molecule has 2 unspecified atom stereocenters. The molecule has 5 atom stereocenters. The predicted octanol–water partition coefficient (Wildman–Crippen LogP) is 2.45. The fourth-order valence-corrected chi connectivity index (χ4v) is 2.64. The van der Waals surface area contributed by atoms with Crippen LogP contribution in [0, 0.1) is 17.8 Å². The van der Waals surface area contributed by atoms with Crippen molar-refractivity contribution in [3.63, 3.8) is 0 Å². The van der Waals surface area contributed by atoms with Crippen molar-refractivity contribution >= 4 is 11.9 Å². The van der Waals surface area contributed by atoms with Gasteiger partial charge in [-0.05, 0) is 24.7 Å². The molecule has 1 saturated heterocycles. The molecule has 0 spiro atoms. The van der Waals surface area contributed by atoms with Gasteiger partial charge in [0.25, 0.3) is 0 Å². The van der Waals surface area contributed by atoms with Gasteiger partial charge in [-0.3, -0.25) is 9.59 Å². The lowest BCUT2D eigenvalue weighted by molar-refractivity contribution is -0.255. The minimum absolute atomic E-state index is 0.160. The Bertz CT molecular complexity index is 370.